The maximum Gasteiger partial charge on any atom is 0.264 e. The van der Waals surface area contributed by atoms with Crippen molar-refractivity contribution in [1.82, 2.24) is 10.2 Å². The normalized spacial score (nSPS) is 12.1. The van der Waals surface area contributed by atoms with Gasteiger partial charge in [0, 0.05) is 23.1 Å². The van der Waals surface area contributed by atoms with Gasteiger partial charge in [-0.05, 0) is 62.7 Å². The van der Waals surface area contributed by atoms with Crippen LogP contribution in [0.2, 0.25) is 15.1 Å². The summed E-state index contributed by atoms with van der Waals surface area (Å²) in [6.45, 7) is 4.89. The van der Waals surface area contributed by atoms with E-state index >= 15 is 0 Å². The lowest BCUT2D eigenvalue weighted by Gasteiger charge is -2.32. The first kappa shape index (κ1) is 29.8. The molecule has 3 aromatic carbocycles. The van der Waals surface area contributed by atoms with Crippen LogP contribution in [0.4, 0.5) is 5.69 Å². The minimum Gasteiger partial charge on any atom is -0.355 e. The summed E-state index contributed by atoms with van der Waals surface area (Å²) in [5.41, 5.74) is 1.57. The summed E-state index contributed by atoms with van der Waals surface area (Å²) in [4.78, 5) is 27.9. The van der Waals surface area contributed by atoms with Crippen molar-refractivity contribution in [3.05, 3.63) is 92.9 Å². The first-order valence-corrected chi connectivity index (χ1v) is 14.4. The maximum atomic E-state index is 13.8. The molecule has 38 heavy (non-hydrogen) atoms. The Morgan fingerprint density at radius 1 is 0.947 bits per heavy atom. The minimum absolute atomic E-state index is 0.000102. The quantitative estimate of drug-likeness (QED) is 0.325. The fourth-order valence-corrected chi connectivity index (χ4v) is 5.93. The van der Waals surface area contributed by atoms with Gasteiger partial charge in [0.15, 0.2) is 0 Å². The SMILES string of the molecule is CCNC(=O)[C@H](C)N(Cc1ccc(Cl)cc1Cl)C(=O)CN(c1ccccc1Cl)S(=O)(=O)c1ccc(C)cc1. The number of rotatable bonds is 10. The highest BCUT2D eigenvalue weighted by Crippen LogP contribution is 2.31. The molecule has 0 heterocycles. The van der Waals surface area contributed by atoms with E-state index in [1.807, 2.05) is 6.92 Å². The summed E-state index contributed by atoms with van der Waals surface area (Å²) in [6, 6.07) is 16.5. The van der Waals surface area contributed by atoms with Crippen LogP contribution in [0.15, 0.2) is 71.6 Å². The first-order valence-electron chi connectivity index (χ1n) is 11.8. The number of carbonyl (C=O) groups is 2. The van der Waals surface area contributed by atoms with E-state index in [4.69, 9.17) is 34.8 Å². The molecule has 0 bridgehead atoms. The first-order chi connectivity index (χ1) is 17.9. The van der Waals surface area contributed by atoms with Gasteiger partial charge in [-0.2, -0.15) is 0 Å². The zero-order valence-electron chi connectivity index (χ0n) is 21.1. The van der Waals surface area contributed by atoms with Gasteiger partial charge in [0.1, 0.15) is 12.6 Å². The molecule has 0 saturated carbocycles. The number of carbonyl (C=O) groups excluding carboxylic acids is 2. The fourth-order valence-electron chi connectivity index (χ4n) is 3.74. The highest BCUT2D eigenvalue weighted by atomic mass is 35.5. The topological polar surface area (TPSA) is 86.8 Å². The molecule has 7 nitrogen and oxygen atoms in total. The lowest BCUT2D eigenvalue weighted by atomic mass is 10.1. The largest absolute Gasteiger partial charge is 0.355 e. The Morgan fingerprint density at radius 3 is 2.21 bits per heavy atom. The number of para-hydroxylation sites is 1. The van der Waals surface area contributed by atoms with Crippen molar-refractivity contribution in [1.29, 1.82) is 0 Å². The number of sulfonamides is 1. The highest BCUT2D eigenvalue weighted by Gasteiger charge is 2.33. The molecule has 0 aliphatic carbocycles. The molecule has 3 rings (SSSR count). The number of amides is 2. The van der Waals surface area contributed by atoms with Crippen LogP contribution in [0.25, 0.3) is 0 Å². The Balaban J connectivity index is 2.06. The average molecular weight is 597 g/mol. The smallest absolute Gasteiger partial charge is 0.264 e. The number of likely N-dealkylation sites (N-methyl/N-ethyl adjacent to an activating group) is 1. The van der Waals surface area contributed by atoms with Crippen LogP contribution in [0, 0.1) is 6.92 Å². The van der Waals surface area contributed by atoms with E-state index in [0.717, 1.165) is 9.87 Å². The molecule has 0 fully saturated rings. The van der Waals surface area contributed by atoms with Gasteiger partial charge in [-0.15, -0.1) is 0 Å². The van der Waals surface area contributed by atoms with Gasteiger partial charge in [0.25, 0.3) is 10.0 Å². The van der Waals surface area contributed by atoms with Crippen LogP contribution in [0.3, 0.4) is 0 Å². The molecule has 0 aliphatic rings. The number of aryl methyl sites for hydroxylation is 1. The lowest BCUT2D eigenvalue weighted by molar-refractivity contribution is -0.139. The van der Waals surface area contributed by atoms with Gasteiger partial charge in [-0.3, -0.25) is 13.9 Å². The van der Waals surface area contributed by atoms with Crippen LogP contribution in [0.1, 0.15) is 25.0 Å². The number of hydrogen-bond donors (Lipinski definition) is 1. The average Bonchev–Trinajstić information content (AvgIpc) is 2.87. The van der Waals surface area contributed by atoms with Crippen LogP contribution in [0.5, 0.6) is 0 Å². The highest BCUT2D eigenvalue weighted by molar-refractivity contribution is 7.92. The van der Waals surface area contributed by atoms with Crippen molar-refractivity contribution >= 4 is 62.3 Å². The van der Waals surface area contributed by atoms with E-state index in [9.17, 15) is 18.0 Å². The molecule has 2 amide bonds. The fraction of sp³-hybridized carbons (Fsp3) is 0.259. The molecule has 1 N–H and O–H groups in total. The monoisotopic (exact) mass is 595 g/mol. The number of benzene rings is 3. The molecule has 0 spiro atoms. The van der Waals surface area contributed by atoms with Crippen LogP contribution in [-0.2, 0) is 26.2 Å². The standard InChI is InChI=1S/C27H28Cl3N3O4S/c1-4-31-27(35)19(3)32(16-20-11-12-21(28)15-24(20)30)26(34)17-33(25-8-6-5-7-23(25)29)38(36,37)22-13-9-18(2)10-14-22/h5-15,19H,4,16-17H2,1-3H3,(H,31,35)/t19-/m0/s1. The van der Waals surface area contributed by atoms with E-state index in [-0.39, 0.29) is 22.2 Å². The predicted octanol–water partition coefficient (Wildman–Crippen LogP) is 5.70. The molecule has 3 aromatic rings. The van der Waals surface area contributed by atoms with E-state index in [0.29, 0.717) is 22.2 Å². The van der Waals surface area contributed by atoms with Crippen molar-refractivity contribution in [2.45, 2.75) is 38.3 Å². The second-order valence-electron chi connectivity index (χ2n) is 8.60. The lowest BCUT2D eigenvalue weighted by Crippen LogP contribution is -2.51. The zero-order valence-corrected chi connectivity index (χ0v) is 24.2. The van der Waals surface area contributed by atoms with Gasteiger partial charge in [0.2, 0.25) is 11.8 Å². The molecule has 0 radical (unpaired) electrons. The zero-order chi connectivity index (χ0) is 28.0. The van der Waals surface area contributed by atoms with E-state index in [1.54, 1.807) is 56.3 Å². The molecule has 0 unspecified atom stereocenters. The minimum atomic E-state index is -4.21. The summed E-state index contributed by atoms with van der Waals surface area (Å²) in [5.74, 6) is -1.01. The second-order valence-corrected chi connectivity index (χ2v) is 11.7. The third kappa shape index (κ3) is 6.99. The van der Waals surface area contributed by atoms with Crippen LogP contribution < -0.4 is 9.62 Å². The molecule has 11 heteroatoms. The molecule has 0 aliphatic heterocycles. The Hall–Kier alpha value is -2.78. The third-order valence-corrected chi connectivity index (χ3v) is 8.56. The molecular formula is C27H28Cl3N3O4S. The van der Waals surface area contributed by atoms with Gasteiger partial charge in [0.05, 0.1) is 15.6 Å². The van der Waals surface area contributed by atoms with Crippen molar-refractivity contribution in [3.8, 4) is 0 Å². The summed E-state index contributed by atoms with van der Waals surface area (Å²) < 4.78 is 28.5. The van der Waals surface area contributed by atoms with Gasteiger partial charge in [-0.1, -0.05) is 70.7 Å². The number of halogens is 3. The summed E-state index contributed by atoms with van der Waals surface area (Å²) in [5, 5.41) is 3.59. The van der Waals surface area contributed by atoms with E-state index in [1.165, 1.54) is 29.2 Å². The summed E-state index contributed by atoms with van der Waals surface area (Å²) >= 11 is 18.8. The van der Waals surface area contributed by atoms with Gasteiger partial charge < -0.3 is 10.2 Å². The van der Waals surface area contributed by atoms with Crippen LogP contribution >= 0.6 is 34.8 Å². The predicted molar refractivity (Wildman–Crippen MR) is 152 cm³/mol. The Morgan fingerprint density at radius 2 is 1.61 bits per heavy atom. The van der Waals surface area contributed by atoms with Crippen molar-refractivity contribution < 1.29 is 18.0 Å². The second kappa shape index (κ2) is 12.8. The molecule has 1 atom stereocenters. The van der Waals surface area contributed by atoms with E-state index < -0.39 is 34.4 Å². The number of nitrogens with zero attached hydrogens (tertiary/aromatic N) is 2. The van der Waals surface area contributed by atoms with Gasteiger partial charge in [-0.25, -0.2) is 8.42 Å². The molecule has 0 saturated heterocycles. The van der Waals surface area contributed by atoms with Gasteiger partial charge >= 0.3 is 0 Å². The van der Waals surface area contributed by atoms with E-state index in [2.05, 4.69) is 5.32 Å². The number of nitrogens with one attached hydrogen (secondary N) is 1. The molecule has 0 aromatic heterocycles. The van der Waals surface area contributed by atoms with Crippen molar-refractivity contribution in [2.24, 2.45) is 0 Å². The molecule has 202 valence electrons. The summed E-state index contributed by atoms with van der Waals surface area (Å²) in [6.07, 6.45) is 0. The Kier molecular flexibility index (Phi) is 10.1. The Labute approximate surface area is 238 Å². The van der Waals surface area contributed by atoms with Crippen molar-refractivity contribution in [3.63, 3.8) is 0 Å². The summed E-state index contributed by atoms with van der Waals surface area (Å²) in [7, 11) is -4.21. The van der Waals surface area contributed by atoms with Crippen molar-refractivity contribution in [2.75, 3.05) is 17.4 Å². The molecular weight excluding hydrogens is 569 g/mol. The van der Waals surface area contributed by atoms with Crippen LogP contribution in [-0.4, -0.2) is 44.3 Å². The Bertz CT molecular complexity index is 1420. The maximum absolute atomic E-state index is 13.8. The number of anilines is 1. The third-order valence-electron chi connectivity index (χ3n) is 5.88. The number of hydrogen-bond acceptors (Lipinski definition) is 4.